The Morgan fingerprint density at radius 2 is 1.88 bits per heavy atom. The van der Waals surface area contributed by atoms with Gasteiger partial charge in [-0.05, 0) is 56.7 Å². The molecule has 0 unspecified atom stereocenters. The number of carbonyl (C=O) groups is 1. The SMILES string of the molecule is CCOc1ccc([C@H](C)NC(=O)[C@H]2CN(S(C)(=O)=O)c3cc(Cl)ccc3O2)cc1OCC. The van der Waals surface area contributed by atoms with Gasteiger partial charge in [-0.15, -0.1) is 0 Å². The Balaban J connectivity index is 1.79. The molecule has 0 aliphatic carbocycles. The number of halogens is 1. The maximum absolute atomic E-state index is 13.0. The highest BCUT2D eigenvalue weighted by Crippen LogP contribution is 2.37. The standard InChI is InChI=1S/C22H27ClN2O6S/c1-5-29-19-9-7-15(11-20(19)30-6-2)14(3)24-22(26)21-13-25(32(4,27)28)17-12-16(23)8-10-18(17)31-21/h7-12,14,21H,5-6,13H2,1-4H3,(H,24,26)/t14-,21+/m0/s1. The first-order valence-electron chi connectivity index (χ1n) is 10.3. The summed E-state index contributed by atoms with van der Waals surface area (Å²) in [6.45, 7) is 6.43. The van der Waals surface area contributed by atoms with E-state index < -0.39 is 22.0 Å². The third-order valence-corrected chi connectivity index (χ3v) is 6.29. The van der Waals surface area contributed by atoms with Crippen molar-refractivity contribution in [2.24, 2.45) is 0 Å². The van der Waals surface area contributed by atoms with Crippen LogP contribution in [-0.4, -0.2) is 46.4 Å². The zero-order valence-corrected chi connectivity index (χ0v) is 20.0. The molecule has 0 spiro atoms. The minimum Gasteiger partial charge on any atom is -0.490 e. The number of hydrogen-bond donors (Lipinski definition) is 1. The van der Waals surface area contributed by atoms with Crippen LogP contribution in [0.2, 0.25) is 5.02 Å². The van der Waals surface area contributed by atoms with Gasteiger partial charge in [0.25, 0.3) is 5.91 Å². The van der Waals surface area contributed by atoms with Gasteiger partial charge in [0.2, 0.25) is 10.0 Å². The van der Waals surface area contributed by atoms with Gasteiger partial charge in [0.1, 0.15) is 5.75 Å². The lowest BCUT2D eigenvalue weighted by Gasteiger charge is -2.34. The Bertz CT molecular complexity index is 1090. The maximum Gasteiger partial charge on any atom is 0.263 e. The first kappa shape index (κ1) is 24.0. The highest BCUT2D eigenvalue weighted by molar-refractivity contribution is 7.92. The summed E-state index contributed by atoms with van der Waals surface area (Å²) >= 11 is 6.02. The molecule has 1 aliphatic heterocycles. The molecule has 0 aromatic heterocycles. The molecule has 32 heavy (non-hydrogen) atoms. The molecule has 2 aromatic carbocycles. The van der Waals surface area contributed by atoms with Gasteiger partial charge in [0.05, 0.1) is 37.7 Å². The monoisotopic (exact) mass is 482 g/mol. The molecule has 0 radical (unpaired) electrons. The highest BCUT2D eigenvalue weighted by Gasteiger charge is 2.35. The van der Waals surface area contributed by atoms with Crippen molar-refractivity contribution in [3.8, 4) is 17.2 Å². The van der Waals surface area contributed by atoms with Crippen LogP contribution in [0, 0.1) is 0 Å². The van der Waals surface area contributed by atoms with E-state index >= 15 is 0 Å². The zero-order chi connectivity index (χ0) is 23.5. The Hall–Kier alpha value is -2.65. The van der Waals surface area contributed by atoms with E-state index in [1.807, 2.05) is 32.9 Å². The quantitative estimate of drug-likeness (QED) is 0.618. The molecule has 1 N–H and O–H groups in total. The Morgan fingerprint density at radius 1 is 1.19 bits per heavy atom. The van der Waals surface area contributed by atoms with E-state index in [9.17, 15) is 13.2 Å². The largest absolute Gasteiger partial charge is 0.490 e. The van der Waals surface area contributed by atoms with Gasteiger partial charge in [0.15, 0.2) is 17.6 Å². The molecule has 1 aliphatic rings. The molecule has 0 saturated heterocycles. The minimum absolute atomic E-state index is 0.155. The normalized spacial score (nSPS) is 16.5. The Morgan fingerprint density at radius 3 is 2.53 bits per heavy atom. The fraction of sp³-hybridized carbons (Fsp3) is 0.409. The molecule has 0 fully saturated rings. The number of anilines is 1. The Labute approximate surface area is 193 Å². The van der Waals surface area contributed by atoms with E-state index in [-0.39, 0.29) is 18.3 Å². The number of benzene rings is 2. The van der Waals surface area contributed by atoms with Crippen LogP contribution in [0.25, 0.3) is 0 Å². The van der Waals surface area contributed by atoms with E-state index in [0.717, 1.165) is 16.1 Å². The van der Waals surface area contributed by atoms with Crippen molar-refractivity contribution in [1.82, 2.24) is 5.32 Å². The van der Waals surface area contributed by atoms with Gasteiger partial charge in [-0.2, -0.15) is 0 Å². The lowest BCUT2D eigenvalue weighted by molar-refractivity contribution is -0.128. The fourth-order valence-corrected chi connectivity index (χ4v) is 4.47. The van der Waals surface area contributed by atoms with Crippen molar-refractivity contribution < 1.29 is 27.4 Å². The smallest absolute Gasteiger partial charge is 0.263 e. The summed E-state index contributed by atoms with van der Waals surface area (Å²) in [5, 5.41) is 3.27. The summed E-state index contributed by atoms with van der Waals surface area (Å²) in [6, 6.07) is 9.73. The lowest BCUT2D eigenvalue weighted by Crippen LogP contribution is -2.50. The van der Waals surface area contributed by atoms with E-state index in [4.69, 9.17) is 25.8 Å². The summed E-state index contributed by atoms with van der Waals surface area (Å²) in [5.41, 5.74) is 1.12. The van der Waals surface area contributed by atoms with Gasteiger partial charge in [-0.25, -0.2) is 8.42 Å². The number of carbonyl (C=O) groups excluding carboxylic acids is 1. The molecule has 8 nitrogen and oxygen atoms in total. The number of amides is 1. The predicted molar refractivity (Wildman–Crippen MR) is 123 cm³/mol. The zero-order valence-electron chi connectivity index (χ0n) is 18.4. The van der Waals surface area contributed by atoms with Crippen molar-refractivity contribution in [1.29, 1.82) is 0 Å². The fourth-order valence-electron chi connectivity index (χ4n) is 3.40. The molecule has 1 heterocycles. The molecule has 2 aromatic rings. The van der Waals surface area contributed by atoms with Crippen LogP contribution in [0.5, 0.6) is 17.2 Å². The molecule has 0 saturated carbocycles. The van der Waals surface area contributed by atoms with Gasteiger partial charge in [0, 0.05) is 5.02 Å². The van der Waals surface area contributed by atoms with Gasteiger partial charge in [-0.3, -0.25) is 9.10 Å². The molecule has 10 heteroatoms. The number of rotatable bonds is 8. The minimum atomic E-state index is -3.64. The summed E-state index contributed by atoms with van der Waals surface area (Å²) in [7, 11) is -3.64. The molecule has 2 atom stereocenters. The topological polar surface area (TPSA) is 94.2 Å². The number of nitrogens with one attached hydrogen (secondary N) is 1. The van der Waals surface area contributed by atoms with Crippen LogP contribution in [0.15, 0.2) is 36.4 Å². The van der Waals surface area contributed by atoms with Crippen molar-refractivity contribution in [2.45, 2.75) is 32.9 Å². The average molecular weight is 483 g/mol. The van der Waals surface area contributed by atoms with Crippen molar-refractivity contribution >= 4 is 33.2 Å². The summed E-state index contributed by atoms with van der Waals surface area (Å²) in [5.74, 6) is 1.07. The first-order valence-corrected chi connectivity index (χ1v) is 12.5. The second kappa shape index (κ2) is 9.87. The third kappa shape index (κ3) is 5.39. The third-order valence-electron chi connectivity index (χ3n) is 4.91. The van der Waals surface area contributed by atoms with Crippen LogP contribution < -0.4 is 23.8 Å². The molecule has 174 valence electrons. The second-order valence-electron chi connectivity index (χ2n) is 7.32. The number of sulfonamides is 1. The van der Waals surface area contributed by atoms with Gasteiger partial charge < -0.3 is 19.5 Å². The van der Waals surface area contributed by atoms with Crippen LogP contribution in [0.4, 0.5) is 5.69 Å². The molecular formula is C22H27ClN2O6S. The van der Waals surface area contributed by atoms with E-state index in [2.05, 4.69) is 5.32 Å². The molecular weight excluding hydrogens is 456 g/mol. The summed E-state index contributed by atoms with van der Waals surface area (Å²) in [4.78, 5) is 13.0. The van der Waals surface area contributed by atoms with Gasteiger partial charge in [-0.1, -0.05) is 17.7 Å². The average Bonchev–Trinajstić information content (AvgIpc) is 2.73. The highest BCUT2D eigenvalue weighted by atomic mass is 35.5. The lowest BCUT2D eigenvalue weighted by atomic mass is 10.1. The van der Waals surface area contributed by atoms with E-state index in [0.29, 0.717) is 35.4 Å². The summed E-state index contributed by atoms with van der Waals surface area (Å²) in [6.07, 6.45) is 0.0605. The van der Waals surface area contributed by atoms with Crippen molar-refractivity contribution in [3.63, 3.8) is 0 Å². The number of ether oxygens (including phenoxy) is 3. The van der Waals surface area contributed by atoms with Gasteiger partial charge >= 0.3 is 0 Å². The molecule has 1 amide bonds. The van der Waals surface area contributed by atoms with Crippen LogP contribution in [0.3, 0.4) is 0 Å². The second-order valence-corrected chi connectivity index (χ2v) is 9.66. The van der Waals surface area contributed by atoms with E-state index in [1.165, 1.54) is 6.07 Å². The number of fused-ring (bicyclic) bond motifs is 1. The predicted octanol–water partition coefficient (Wildman–Crippen LogP) is 3.54. The number of nitrogens with zero attached hydrogens (tertiary/aromatic N) is 1. The number of hydrogen-bond acceptors (Lipinski definition) is 6. The maximum atomic E-state index is 13.0. The molecule has 0 bridgehead atoms. The van der Waals surface area contributed by atoms with Crippen LogP contribution in [0.1, 0.15) is 32.4 Å². The summed E-state index contributed by atoms with van der Waals surface area (Å²) < 4.78 is 42.8. The first-order chi connectivity index (χ1) is 15.1. The van der Waals surface area contributed by atoms with Crippen LogP contribution in [-0.2, 0) is 14.8 Å². The molecule has 3 rings (SSSR count). The van der Waals surface area contributed by atoms with E-state index in [1.54, 1.807) is 18.2 Å². The van der Waals surface area contributed by atoms with Crippen molar-refractivity contribution in [2.75, 3.05) is 30.3 Å². The van der Waals surface area contributed by atoms with Crippen molar-refractivity contribution in [3.05, 3.63) is 47.0 Å². The van der Waals surface area contributed by atoms with Crippen LogP contribution >= 0.6 is 11.6 Å². The Kier molecular flexibility index (Phi) is 7.40.